The molecular formula is C15H14N4O. The summed E-state index contributed by atoms with van der Waals surface area (Å²) in [6.07, 6.45) is 6.19. The SMILES string of the molecule is CCn1cc(-c2nn(-c3ccccc3)cc2C=O)cn1. The minimum atomic E-state index is 0.560. The lowest BCUT2D eigenvalue weighted by Crippen LogP contribution is -1.94. The zero-order valence-electron chi connectivity index (χ0n) is 11.1. The van der Waals surface area contributed by atoms with Gasteiger partial charge in [0.15, 0.2) is 6.29 Å². The lowest BCUT2D eigenvalue weighted by molar-refractivity contribution is 0.112. The maximum absolute atomic E-state index is 11.2. The van der Waals surface area contributed by atoms with Crippen LogP contribution >= 0.6 is 0 Å². The van der Waals surface area contributed by atoms with Crippen LogP contribution in [0.15, 0.2) is 48.9 Å². The second-order valence-corrected chi connectivity index (χ2v) is 4.42. The minimum absolute atomic E-state index is 0.560. The van der Waals surface area contributed by atoms with Crippen molar-refractivity contribution >= 4 is 6.29 Å². The predicted molar refractivity (Wildman–Crippen MR) is 75.8 cm³/mol. The summed E-state index contributed by atoms with van der Waals surface area (Å²) in [5.41, 5.74) is 2.99. The molecule has 0 aliphatic carbocycles. The van der Waals surface area contributed by atoms with E-state index in [0.29, 0.717) is 11.3 Å². The molecule has 0 amide bonds. The Hall–Kier alpha value is -2.69. The van der Waals surface area contributed by atoms with E-state index in [4.69, 9.17) is 0 Å². The molecule has 0 saturated carbocycles. The highest BCUT2D eigenvalue weighted by molar-refractivity contribution is 5.85. The third kappa shape index (κ3) is 2.14. The van der Waals surface area contributed by atoms with Crippen LogP contribution in [0.2, 0.25) is 0 Å². The summed E-state index contributed by atoms with van der Waals surface area (Å²) in [5, 5.41) is 8.72. The Labute approximate surface area is 116 Å². The quantitative estimate of drug-likeness (QED) is 0.682. The summed E-state index contributed by atoms with van der Waals surface area (Å²) < 4.78 is 3.52. The van der Waals surface area contributed by atoms with Gasteiger partial charge in [-0.25, -0.2) is 4.68 Å². The molecule has 1 aromatic carbocycles. The molecule has 0 unspecified atom stereocenters. The number of hydrogen-bond donors (Lipinski definition) is 0. The Kier molecular flexibility index (Phi) is 3.16. The average molecular weight is 266 g/mol. The highest BCUT2D eigenvalue weighted by Gasteiger charge is 2.13. The summed E-state index contributed by atoms with van der Waals surface area (Å²) in [6, 6.07) is 9.71. The van der Waals surface area contributed by atoms with Gasteiger partial charge >= 0.3 is 0 Å². The Morgan fingerprint density at radius 1 is 1.20 bits per heavy atom. The summed E-state index contributed by atoms with van der Waals surface area (Å²) in [5.74, 6) is 0. The Morgan fingerprint density at radius 2 is 2.00 bits per heavy atom. The van der Waals surface area contributed by atoms with Gasteiger partial charge in [0.1, 0.15) is 5.69 Å². The van der Waals surface area contributed by atoms with Crippen molar-refractivity contribution in [2.24, 2.45) is 0 Å². The van der Waals surface area contributed by atoms with E-state index in [-0.39, 0.29) is 0 Å². The van der Waals surface area contributed by atoms with Crippen LogP contribution in [0, 0.1) is 0 Å². The van der Waals surface area contributed by atoms with E-state index >= 15 is 0 Å². The zero-order valence-corrected chi connectivity index (χ0v) is 11.1. The fourth-order valence-electron chi connectivity index (χ4n) is 2.07. The van der Waals surface area contributed by atoms with Gasteiger partial charge in [-0.1, -0.05) is 18.2 Å². The van der Waals surface area contributed by atoms with E-state index < -0.39 is 0 Å². The van der Waals surface area contributed by atoms with Gasteiger partial charge in [0.2, 0.25) is 0 Å². The van der Waals surface area contributed by atoms with Crippen LogP contribution in [0.3, 0.4) is 0 Å². The predicted octanol–water partition coefficient (Wildman–Crippen LogP) is 2.57. The number of aldehydes is 1. The molecule has 0 N–H and O–H groups in total. The number of aromatic nitrogens is 4. The first-order valence-electron chi connectivity index (χ1n) is 6.45. The van der Waals surface area contributed by atoms with E-state index in [2.05, 4.69) is 10.2 Å². The second kappa shape index (κ2) is 5.13. The number of hydrogen-bond acceptors (Lipinski definition) is 3. The molecule has 5 heteroatoms. The van der Waals surface area contributed by atoms with Crippen molar-refractivity contribution in [3.05, 3.63) is 54.5 Å². The molecule has 5 nitrogen and oxygen atoms in total. The van der Waals surface area contributed by atoms with Gasteiger partial charge in [0, 0.05) is 24.5 Å². The highest BCUT2D eigenvalue weighted by atomic mass is 16.1. The maximum Gasteiger partial charge on any atom is 0.153 e. The van der Waals surface area contributed by atoms with Gasteiger partial charge in [-0.15, -0.1) is 0 Å². The molecule has 0 fully saturated rings. The normalized spacial score (nSPS) is 10.7. The summed E-state index contributed by atoms with van der Waals surface area (Å²) in [4.78, 5) is 11.2. The van der Waals surface area contributed by atoms with Gasteiger partial charge in [-0.05, 0) is 19.1 Å². The van der Waals surface area contributed by atoms with E-state index in [1.54, 1.807) is 17.1 Å². The van der Waals surface area contributed by atoms with Crippen LogP contribution in [0.1, 0.15) is 17.3 Å². The van der Waals surface area contributed by atoms with Gasteiger partial charge in [0.25, 0.3) is 0 Å². The third-order valence-corrected chi connectivity index (χ3v) is 3.12. The van der Waals surface area contributed by atoms with Gasteiger partial charge in [-0.2, -0.15) is 10.2 Å². The monoisotopic (exact) mass is 266 g/mol. The van der Waals surface area contributed by atoms with Crippen LogP contribution in [0.4, 0.5) is 0 Å². The summed E-state index contributed by atoms with van der Waals surface area (Å²) >= 11 is 0. The first kappa shape index (κ1) is 12.3. The fraction of sp³-hybridized carbons (Fsp3) is 0.133. The van der Waals surface area contributed by atoms with E-state index in [9.17, 15) is 4.79 Å². The molecule has 0 saturated heterocycles. The number of carbonyl (C=O) groups excluding carboxylic acids is 1. The third-order valence-electron chi connectivity index (χ3n) is 3.12. The Bertz CT molecular complexity index is 727. The smallest absolute Gasteiger partial charge is 0.153 e. The molecule has 20 heavy (non-hydrogen) atoms. The van der Waals surface area contributed by atoms with Gasteiger partial charge in [-0.3, -0.25) is 9.48 Å². The molecule has 0 atom stereocenters. The van der Waals surface area contributed by atoms with Crippen molar-refractivity contribution < 1.29 is 4.79 Å². The Morgan fingerprint density at radius 3 is 2.65 bits per heavy atom. The average Bonchev–Trinajstić information content (AvgIpc) is 3.14. The molecule has 3 aromatic rings. The minimum Gasteiger partial charge on any atom is -0.298 e. The highest BCUT2D eigenvalue weighted by Crippen LogP contribution is 2.22. The van der Waals surface area contributed by atoms with Crippen LogP contribution < -0.4 is 0 Å². The lowest BCUT2D eigenvalue weighted by Gasteiger charge is -1.99. The van der Waals surface area contributed by atoms with Crippen LogP contribution in [-0.2, 0) is 6.54 Å². The number of benzene rings is 1. The first-order valence-corrected chi connectivity index (χ1v) is 6.45. The zero-order chi connectivity index (χ0) is 13.9. The first-order chi connectivity index (χ1) is 9.81. The van der Waals surface area contributed by atoms with Crippen molar-refractivity contribution in [1.82, 2.24) is 19.6 Å². The lowest BCUT2D eigenvalue weighted by atomic mass is 10.2. The number of aryl methyl sites for hydroxylation is 1. The molecule has 0 radical (unpaired) electrons. The molecular weight excluding hydrogens is 252 g/mol. The number of carbonyl (C=O) groups is 1. The van der Waals surface area contributed by atoms with Crippen LogP contribution in [0.5, 0.6) is 0 Å². The topological polar surface area (TPSA) is 52.7 Å². The molecule has 2 heterocycles. The van der Waals surface area contributed by atoms with Crippen molar-refractivity contribution in [2.75, 3.05) is 0 Å². The Balaban J connectivity index is 2.07. The second-order valence-electron chi connectivity index (χ2n) is 4.42. The van der Waals surface area contributed by atoms with Crippen molar-refractivity contribution in [2.45, 2.75) is 13.5 Å². The molecule has 0 aliphatic rings. The van der Waals surface area contributed by atoms with Crippen LogP contribution in [0.25, 0.3) is 16.9 Å². The maximum atomic E-state index is 11.2. The van der Waals surface area contributed by atoms with Gasteiger partial charge in [0.05, 0.1) is 17.4 Å². The number of para-hydroxylation sites is 1. The van der Waals surface area contributed by atoms with Crippen molar-refractivity contribution in [3.8, 4) is 16.9 Å². The summed E-state index contributed by atoms with van der Waals surface area (Å²) in [6.45, 7) is 2.80. The van der Waals surface area contributed by atoms with E-state index in [1.807, 2.05) is 48.1 Å². The van der Waals surface area contributed by atoms with Crippen LogP contribution in [-0.4, -0.2) is 25.8 Å². The number of rotatable bonds is 4. The molecule has 0 aliphatic heterocycles. The largest absolute Gasteiger partial charge is 0.298 e. The number of nitrogens with zero attached hydrogens (tertiary/aromatic N) is 4. The van der Waals surface area contributed by atoms with E-state index in [0.717, 1.165) is 24.1 Å². The molecule has 0 spiro atoms. The van der Waals surface area contributed by atoms with Crippen molar-refractivity contribution in [3.63, 3.8) is 0 Å². The molecule has 0 bridgehead atoms. The van der Waals surface area contributed by atoms with Gasteiger partial charge < -0.3 is 0 Å². The standard InChI is InChI=1S/C15H14N4O/c1-2-18-9-12(8-16-18)15-13(11-20)10-19(17-15)14-6-4-3-5-7-14/h3-11H,2H2,1H3. The molecule has 3 rings (SSSR count). The molecule has 2 aromatic heterocycles. The fourth-order valence-corrected chi connectivity index (χ4v) is 2.07. The summed E-state index contributed by atoms with van der Waals surface area (Å²) in [7, 11) is 0. The molecule has 100 valence electrons. The van der Waals surface area contributed by atoms with Crippen molar-refractivity contribution in [1.29, 1.82) is 0 Å². The van der Waals surface area contributed by atoms with E-state index in [1.165, 1.54) is 0 Å².